The Morgan fingerprint density at radius 3 is 3.13 bits per heavy atom. The van der Waals surface area contributed by atoms with Crippen molar-refractivity contribution in [1.82, 2.24) is 14.7 Å². The van der Waals surface area contributed by atoms with Gasteiger partial charge in [0, 0.05) is 12.6 Å². The summed E-state index contributed by atoms with van der Waals surface area (Å²) in [4.78, 5) is 4.33. The maximum Gasteiger partial charge on any atom is 0.126 e. The molecule has 0 unspecified atom stereocenters. The summed E-state index contributed by atoms with van der Waals surface area (Å²) >= 11 is 0. The summed E-state index contributed by atoms with van der Waals surface area (Å²) < 4.78 is 14.9. The molecule has 1 aliphatic heterocycles. The van der Waals surface area contributed by atoms with Gasteiger partial charge in [-0.3, -0.25) is 0 Å². The number of nitrogens with one attached hydrogen (secondary N) is 1. The number of imidazole rings is 1. The first-order valence-electron chi connectivity index (χ1n) is 5.15. The predicted molar refractivity (Wildman–Crippen MR) is 55.2 cm³/mol. The fraction of sp³-hybridized carbons (Fsp3) is 0.364. The van der Waals surface area contributed by atoms with Crippen molar-refractivity contribution >= 4 is 5.52 Å². The highest BCUT2D eigenvalue weighted by atomic mass is 19.1. The first-order valence-corrected chi connectivity index (χ1v) is 5.15. The zero-order chi connectivity index (χ0) is 10.3. The van der Waals surface area contributed by atoms with Crippen LogP contribution in [0.4, 0.5) is 4.39 Å². The van der Waals surface area contributed by atoms with E-state index in [1.165, 1.54) is 12.1 Å². The zero-order valence-electron chi connectivity index (χ0n) is 8.28. The Morgan fingerprint density at radius 1 is 1.53 bits per heavy atom. The second-order valence-electron chi connectivity index (χ2n) is 4.04. The van der Waals surface area contributed by atoms with Gasteiger partial charge < -0.3 is 9.72 Å². The molecular weight excluding hydrogens is 193 g/mol. The van der Waals surface area contributed by atoms with Gasteiger partial charge >= 0.3 is 0 Å². The first-order chi connectivity index (χ1) is 7.33. The van der Waals surface area contributed by atoms with Crippen LogP contribution in [0, 0.1) is 11.7 Å². The second kappa shape index (κ2) is 3.31. The largest absolute Gasteiger partial charge is 0.316 e. The Balaban J connectivity index is 1.96. The van der Waals surface area contributed by atoms with E-state index in [0.717, 1.165) is 30.9 Å². The van der Waals surface area contributed by atoms with Crippen LogP contribution in [-0.4, -0.2) is 22.5 Å². The SMILES string of the molecule is Fc1ccn2c(CC3CNC3)ncc2c1. The maximum absolute atomic E-state index is 12.9. The summed E-state index contributed by atoms with van der Waals surface area (Å²) in [5, 5.41) is 3.23. The molecule has 15 heavy (non-hydrogen) atoms. The molecule has 0 atom stereocenters. The minimum absolute atomic E-state index is 0.209. The maximum atomic E-state index is 12.9. The Labute approximate surface area is 86.9 Å². The molecule has 0 amide bonds. The Hall–Kier alpha value is -1.42. The van der Waals surface area contributed by atoms with Crippen LogP contribution < -0.4 is 5.32 Å². The molecule has 78 valence electrons. The highest BCUT2D eigenvalue weighted by Crippen LogP contribution is 2.14. The molecule has 1 N–H and O–H groups in total. The Bertz CT molecular complexity index is 488. The third-order valence-corrected chi connectivity index (χ3v) is 2.91. The van der Waals surface area contributed by atoms with Crippen molar-refractivity contribution in [1.29, 1.82) is 0 Å². The van der Waals surface area contributed by atoms with Gasteiger partial charge in [-0.05, 0) is 31.1 Å². The van der Waals surface area contributed by atoms with E-state index in [-0.39, 0.29) is 5.82 Å². The lowest BCUT2D eigenvalue weighted by atomic mass is 9.99. The molecule has 4 heteroatoms. The van der Waals surface area contributed by atoms with Crippen LogP contribution in [0.15, 0.2) is 24.5 Å². The van der Waals surface area contributed by atoms with Crippen LogP contribution in [0.25, 0.3) is 5.52 Å². The smallest absolute Gasteiger partial charge is 0.126 e. The van der Waals surface area contributed by atoms with Crippen molar-refractivity contribution in [3.63, 3.8) is 0 Å². The molecule has 3 rings (SSSR count). The van der Waals surface area contributed by atoms with E-state index >= 15 is 0 Å². The van der Waals surface area contributed by atoms with Gasteiger partial charge in [-0.15, -0.1) is 0 Å². The highest BCUT2D eigenvalue weighted by Gasteiger charge is 2.19. The van der Waals surface area contributed by atoms with E-state index in [1.807, 2.05) is 4.40 Å². The zero-order valence-corrected chi connectivity index (χ0v) is 8.28. The molecule has 1 aliphatic rings. The summed E-state index contributed by atoms with van der Waals surface area (Å²) in [5.41, 5.74) is 0.831. The summed E-state index contributed by atoms with van der Waals surface area (Å²) in [5.74, 6) is 1.50. The van der Waals surface area contributed by atoms with Crippen LogP contribution in [0.1, 0.15) is 5.82 Å². The minimum atomic E-state index is -0.209. The van der Waals surface area contributed by atoms with E-state index in [1.54, 1.807) is 12.4 Å². The summed E-state index contributed by atoms with van der Waals surface area (Å²) in [6.07, 6.45) is 4.44. The topological polar surface area (TPSA) is 29.3 Å². The quantitative estimate of drug-likeness (QED) is 0.799. The van der Waals surface area contributed by atoms with Gasteiger partial charge in [0.25, 0.3) is 0 Å². The number of nitrogens with zero attached hydrogens (tertiary/aromatic N) is 2. The molecule has 2 aromatic heterocycles. The normalized spacial score (nSPS) is 16.9. The fourth-order valence-electron chi connectivity index (χ4n) is 1.93. The molecule has 3 heterocycles. The number of pyridine rings is 1. The number of aromatic nitrogens is 2. The third-order valence-electron chi connectivity index (χ3n) is 2.91. The molecule has 0 aromatic carbocycles. The molecule has 2 aromatic rings. The minimum Gasteiger partial charge on any atom is -0.316 e. The molecule has 0 saturated carbocycles. The monoisotopic (exact) mass is 205 g/mol. The Kier molecular flexibility index (Phi) is 1.95. The molecule has 1 saturated heterocycles. The number of rotatable bonds is 2. The highest BCUT2D eigenvalue weighted by molar-refractivity contribution is 5.46. The van der Waals surface area contributed by atoms with Gasteiger partial charge in [-0.1, -0.05) is 0 Å². The number of hydrogen-bond donors (Lipinski definition) is 1. The molecule has 0 spiro atoms. The molecule has 1 fully saturated rings. The molecule has 3 nitrogen and oxygen atoms in total. The van der Waals surface area contributed by atoms with Crippen LogP contribution in [0.2, 0.25) is 0 Å². The predicted octanol–water partition coefficient (Wildman–Crippen LogP) is 1.24. The third kappa shape index (κ3) is 1.51. The molecule has 0 aliphatic carbocycles. The van der Waals surface area contributed by atoms with Crippen molar-refractivity contribution in [3.8, 4) is 0 Å². The lowest BCUT2D eigenvalue weighted by Crippen LogP contribution is -2.43. The van der Waals surface area contributed by atoms with Crippen LogP contribution in [-0.2, 0) is 6.42 Å². The van der Waals surface area contributed by atoms with Crippen LogP contribution in [0.3, 0.4) is 0 Å². The molecular formula is C11H12FN3. The van der Waals surface area contributed by atoms with Crippen molar-refractivity contribution in [2.24, 2.45) is 5.92 Å². The lowest BCUT2D eigenvalue weighted by molar-refractivity contribution is 0.340. The van der Waals surface area contributed by atoms with Gasteiger partial charge in [0.05, 0.1) is 11.7 Å². The van der Waals surface area contributed by atoms with Crippen LogP contribution in [0.5, 0.6) is 0 Å². The van der Waals surface area contributed by atoms with Crippen molar-refractivity contribution in [3.05, 3.63) is 36.2 Å². The molecule has 0 bridgehead atoms. The van der Waals surface area contributed by atoms with E-state index in [9.17, 15) is 4.39 Å². The second-order valence-corrected chi connectivity index (χ2v) is 4.04. The fourth-order valence-corrected chi connectivity index (χ4v) is 1.93. The lowest BCUT2D eigenvalue weighted by Gasteiger charge is -2.26. The average Bonchev–Trinajstić information content (AvgIpc) is 2.54. The number of hydrogen-bond acceptors (Lipinski definition) is 2. The van der Waals surface area contributed by atoms with Gasteiger partial charge in [0.15, 0.2) is 0 Å². The van der Waals surface area contributed by atoms with E-state index < -0.39 is 0 Å². The van der Waals surface area contributed by atoms with Gasteiger partial charge in [-0.25, -0.2) is 9.37 Å². The van der Waals surface area contributed by atoms with Crippen molar-refractivity contribution in [2.45, 2.75) is 6.42 Å². The van der Waals surface area contributed by atoms with E-state index in [2.05, 4.69) is 10.3 Å². The van der Waals surface area contributed by atoms with E-state index in [4.69, 9.17) is 0 Å². The average molecular weight is 205 g/mol. The summed E-state index contributed by atoms with van der Waals surface area (Å²) in [7, 11) is 0. The standard InChI is InChI=1S/C11H12FN3/c12-9-1-2-15-10(4-9)7-14-11(15)3-8-5-13-6-8/h1-2,4,7-8,13H,3,5-6H2. The van der Waals surface area contributed by atoms with Gasteiger partial charge in [0.2, 0.25) is 0 Å². The van der Waals surface area contributed by atoms with Crippen LogP contribution >= 0.6 is 0 Å². The van der Waals surface area contributed by atoms with E-state index in [0.29, 0.717) is 5.92 Å². The van der Waals surface area contributed by atoms with Gasteiger partial charge in [0.1, 0.15) is 11.6 Å². The van der Waals surface area contributed by atoms with Crippen molar-refractivity contribution < 1.29 is 4.39 Å². The summed E-state index contributed by atoms with van der Waals surface area (Å²) in [6, 6.07) is 2.98. The number of halogens is 1. The molecule has 0 radical (unpaired) electrons. The first kappa shape index (κ1) is 8.85. The number of fused-ring (bicyclic) bond motifs is 1. The van der Waals surface area contributed by atoms with Gasteiger partial charge in [-0.2, -0.15) is 0 Å². The summed E-state index contributed by atoms with van der Waals surface area (Å²) in [6.45, 7) is 2.13. The Morgan fingerprint density at radius 2 is 2.40 bits per heavy atom. The van der Waals surface area contributed by atoms with Crippen molar-refractivity contribution in [2.75, 3.05) is 13.1 Å².